The highest BCUT2D eigenvalue weighted by atomic mass is 79.9. The molecule has 1 aromatic carbocycles. The average molecular weight is 271 g/mol. The quantitative estimate of drug-likeness (QED) is 0.914. The van der Waals surface area contributed by atoms with E-state index in [-0.39, 0.29) is 5.91 Å². The molecule has 0 saturated heterocycles. The summed E-state index contributed by atoms with van der Waals surface area (Å²) in [6.07, 6.45) is 0. The third-order valence-corrected chi connectivity index (χ3v) is 2.74. The first-order chi connectivity index (χ1) is 7.00. The summed E-state index contributed by atoms with van der Waals surface area (Å²) in [4.78, 5) is 12.9. The second kappa shape index (κ2) is 5.16. The Kier molecular flexibility index (Phi) is 4.15. The largest absolute Gasteiger partial charge is 0.375 e. The van der Waals surface area contributed by atoms with Crippen LogP contribution >= 0.6 is 15.9 Å². The van der Waals surface area contributed by atoms with Crippen LogP contribution in [0, 0.1) is 6.92 Å². The summed E-state index contributed by atoms with van der Waals surface area (Å²) < 4.78 is 0.972. The van der Waals surface area contributed by atoms with Crippen molar-refractivity contribution in [1.29, 1.82) is 0 Å². The van der Waals surface area contributed by atoms with Gasteiger partial charge < -0.3 is 10.2 Å². The highest BCUT2D eigenvalue weighted by Gasteiger charge is 2.05. The van der Waals surface area contributed by atoms with Gasteiger partial charge in [-0.05, 0) is 40.5 Å². The van der Waals surface area contributed by atoms with Crippen LogP contribution in [0.2, 0.25) is 0 Å². The minimum Gasteiger partial charge on any atom is -0.375 e. The van der Waals surface area contributed by atoms with E-state index in [2.05, 4.69) is 21.2 Å². The molecule has 0 aliphatic carbocycles. The zero-order chi connectivity index (χ0) is 11.4. The summed E-state index contributed by atoms with van der Waals surface area (Å²) in [5.41, 5.74) is 2.11. The van der Waals surface area contributed by atoms with Gasteiger partial charge in [0.2, 0.25) is 5.91 Å². The van der Waals surface area contributed by atoms with Crippen LogP contribution in [0.5, 0.6) is 0 Å². The van der Waals surface area contributed by atoms with Gasteiger partial charge in [-0.25, -0.2) is 0 Å². The zero-order valence-corrected chi connectivity index (χ0v) is 10.8. The number of carbonyl (C=O) groups is 1. The number of anilines is 1. The lowest BCUT2D eigenvalue weighted by molar-refractivity contribution is -0.126. The van der Waals surface area contributed by atoms with Gasteiger partial charge in [-0.2, -0.15) is 0 Å². The molecule has 0 unspecified atom stereocenters. The maximum atomic E-state index is 11.4. The molecule has 0 atom stereocenters. The van der Waals surface area contributed by atoms with Gasteiger partial charge in [-0.3, -0.25) is 4.79 Å². The molecule has 1 N–H and O–H groups in total. The van der Waals surface area contributed by atoms with Crippen LogP contribution in [0.4, 0.5) is 5.69 Å². The SMILES string of the molecule is Cc1ccc(Br)c(NCC(=O)N(C)C)c1. The van der Waals surface area contributed by atoms with E-state index in [9.17, 15) is 4.79 Å². The van der Waals surface area contributed by atoms with Gasteiger partial charge in [0.05, 0.1) is 6.54 Å². The zero-order valence-electron chi connectivity index (χ0n) is 9.17. The van der Waals surface area contributed by atoms with Gasteiger partial charge in [0.1, 0.15) is 0 Å². The van der Waals surface area contributed by atoms with Crippen molar-refractivity contribution in [3.05, 3.63) is 28.2 Å². The summed E-state index contributed by atoms with van der Waals surface area (Å²) in [6, 6.07) is 5.99. The third-order valence-electron chi connectivity index (χ3n) is 2.05. The Morgan fingerprint density at radius 2 is 2.13 bits per heavy atom. The van der Waals surface area contributed by atoms with Gasteiger partial charge in [0, 0.05) is 24.3 Å². The van der Waals surface area contributed by atoms with Crippen molar-refractivity contribution < 1.29 is 4.79 Å². The minimum atomic E-state index is 0.0587. The Bertz CT molecular complexity index is 364. The van der Waals surface area contributed by atoms with Crippen molar-refractivity contribution in [1.82, 2.24) is 4.90 Å². The van der Waals surface area contributed by atoms with Crippen LogP contribution in [-0.2, 0) is 4.79 Å². The number of benzene rings is 1. The van der Waals surface area contributed by atoms with E-state index in [0.29, 0.717) is 6.54 Å². The molecule has 1 amide bonds. The van der Waals surface area contributed by atoms with E-state index in [1.54, 1.807) is 19.0 Å². The molecule has 0 spiro atoms. The van der Waals surface area contributed by atoms with Gasteiger partial charge in [0.15, 0.2) is 0 Å². The van der Waals surface area contributed by atoms with E-state index in [0.717, 1.165) is 15.7 Å². The molecule has 0 aliphatic heterocycles. The molecule has 0 fully saturated rings. The van der Waals surface area contributed by atoms with Crippen LogP contribution < -0.4 is 5.32 Å². The van der Waals surface area contributed by atoms with Crippen molar-refractivity contribution in [2.75, 3.05) is 26.0 Å². The second-order valence-corrected chi connectivity index (χ2v) is 4.48. The molecular weight excluding hydrogens is 256 g/mol. The lowest BCUT2D eigenvalue weighted by atomic mass is 10.2. The van der Waals surface area contributed by atoms with E-state index in [4.69, 9.17) is 0 Å². The van der Waals surface area contributed by atoms with E-state index >= 15 is 0 Å². The molecule has 0 aromatic heterocycles. The molecule has 0 bridgehead atoms. The van der Waals surface area contributed by atoms with E-state index in [1.807, 2.05) is 25.1 Å². The Morgan fingerprint density at radius 1 is 1.47 bits per heavy atom. The maximum Gasteiger partial charge on any atom is 0.241 e. The Hall–Kier alpha value is -1.03. The maximum absolute atomic E-state index is 11.4. The number of hydrogen-bond acceptors (Lipinski definition) is 2. The lowest BCUT2D eigenvalue weighted by Crippen LogP contribution is -2.28. The topological polar surface area (TPSA) is 32.3 Å². The van der Waals surface area contributed by atoms with Gasteiger partial charge in [0.25, 0.3) is 0 Å². The summed E-state index contributed by atoms with van der Waals surface area (Å²) in [7, 11) is 3.49. The lowest BCUT2D eigenvalue weighted by Gasteiger charge is -2.13. The minimum absolute atomic E-state index is 0.0587. The fourth-order valence-electron chi connectivity index (χ4n) is 1.10. The summed E-state index contributed by atoms with van der Waals surface area (Å²) in [6.45, 7) is 2.33. The number of hydrogen-bond donors (Lipinski definition) is 1. The average Bonchev–Trinajstić information content (AvgIpc) is 2.18. The van der Waals surface area contributed by atoms with Crippen LogP contribution in [0.25, 0.3) is 0 Å². The molecule has 4 heteroatoms. The van der Waals surface area contributed by atoms with Crippen LogP contribution in [0.1, 0.15) is 5.56 Å². The van der Waals surface area contributed by atoms with Gasteiger partial charge in [-0.1, -0.05) is 6.07 Å². The predicted octanol–water partition coefficient (Wildman–Crippen LogP) is 2.26. The van der Waals surface area contributed by atoms with Gasteiger partial charge >= 0.3 is 0 Å². The first-order valence-corrected chi connectivity index (χ1v) is 5.50. The number of carbonyl (C=O) groups excluding carboxylic acids is 1. The first-order valence-electron chi connectivity index (χ1n) is 4.71. The Morgan fingerprint density at radius 3 is 2.73 bits per heavy atom. The van der Waals surface area contributed by atoms with Crippen LogP contribution in [-0.4, -0.2) is 31.4 Å². The number of nitrogens with zero attached hydrogens (tertiary/aromatic N) is 1. The smallest absolute Gasteiger partial charge is 0.241 e. The Balaban J connectivity index is 2.65. The van der Waals surface area contributed by atoms with Crippen LogP contribution in [0.15, 0.2) is 22.7 Å². The van der Waals surface area contributed by atoms with Crippen molar-refractivity contribution in [3.8, 4) is 0 Å². The van der Waals surface area contributed by atoms with Crippen molar-refractivity contribution in [2.24, 2.45) is 0 Å². The Labute approximate surface area is 98.6 Å². The summed E-state index contributed by atoms with van der Waals surface area (Å²) in [5.74, 6) is 0.0587. The molecule has 0 saturated carbocycles. The van der Waals surface area contributed by atoms with E-state index in [1.165, 1.54) is 0 Å². The number of halogens is 1. The highest BCUT2D eigenvalue weighted by Crippen LogP contribution is 2.22. The fourth-order valence-corrected chi connectivity index (χ4v) is 1.49. The number of nitrogens with one attached hydrogen (secondary N) is 1. The fraction of sp³-hybridized carbons (Fsp3) is 0.364. The molecule has 1 rings (SSSR count). The molecule has 3 nitrogen and oxygen atoms in total. The van der Waals surface area contributed by atoms with Crippen LogP contribution in [0.3, 0.4) is 0 Å². The molecule has 0 aliphatic rings. The second-order valence-electron chi connectivity index (χ2n) is 3.63. The standard InChI is InChI=1S/C11H15BrN2O/c1-8-4-5-9(12)10(6-8)13-7-11(15)14(2)3/h4-6,13H,7H2,1-3H3. The van der Waals surface area contributed by atoms with Crippen molar-refractivity contribution in [2.45, 2.75) is 6.92 Å². The van der Waals surface area contributed by atoms with E-state index < -0.39 is 0 Å². The molecular formula is C11H15BrN2O. The van der Waals surface area contributed by atoms with Crippen molar-refractivity contribution >= 4 is 27.5 Å². The molecule has 82 valence electrons. The molecule has 1 aromatic rings. The first kappa shape index (κ1) is 12.0. The molecule has 0 radical (unpaired) electrons. The molecule has 15 heavy (non-hydrogen) atoms. The summed E-state index contributed by atoms with van der Waals surface area (Å²) >= 11 is 3.43. The predicted molar refractivity (Wildman–Crippen MR) is 66.1 cm³/mol. The monoisotopic (exact) mass is 270 g/mol. The third kappa shape index (κ3) is 3.55. The number of amides is 1. The number of rotatable bonds is 3. The normalized spacial score (nSPS) is 9.87. The number of likely N-dealkylation sites (N-methyl/N-ethyl adjacent to an activating group) is 1. The summed E-state index contributed by atoms with van der Waals surface area (Å²) in [5, 5.41) is 3.10. The highest BCUT2D eigenvalue weighted by molar-refractivity contribution is 9.10. The number of aryl methyl sites for hydroxylation is 1. The van der Waals surface area contributed by atoms with Crippen molar-refractivity contribution in [3.63, 3.8) is 0 Å². The van der Waals surface area contributed by atoms with Gasteiger partial charge in [-0.15, -0.1) is 0 Å². The molecule has 0 heterocycles.